The minimum atomic E-state index is -0.469. The number of piperidine rings is 1. The third kappa shape index (κ3) is 3.93. The molecule has 0 atom stereocenters. The van der Waals surface area contributed by atoms with Crippen LogP contribution in [-0.2, 0) is 0 Å². The Bertz CT molecular complexity index is 844. The van der Waals surface area contributed by atoms with Gasteiger partial charge >= 0.3 is 0 Å². The third-order valence-electron chi connectivity index (χ3n) is 5.46. The topological polar surface area (TPSA) is 52.6 Å². The average molecular weight is 383 g/mol. The summed E-state index contributed by atoms with van der Waals surface area (Å²) >= 11 is 0. The van der Waals surface area contributed by atoms with E-state index >= 15 is 0 Å². The maximum atomic E-state index is 13.9. The number of aryl methyl sites for hydroxylation is 1. The lowest BCUT2D eigenvalue weighted by molar-refractivity contribution is 0.0741. The van der Waals surface area contributed by atoms with Crippen molar-refractivity contribution in [3.05, 3.63) is 47.4 Å². The summed E-state index contributed by atoms with van der Waals surface area (Å²) in [5, 5.41) is 0. The fourth-order valence-corrected chi connectivity index (χ4v) is 3.88. The van der Waals surface area contributed by atoms with Gasteiger partial charge in [0, 0.05) is 51.0 Å². The minimum absolute atomic E-state index is 0.134. The molecular formula is C21H26FN5O. The number of hydrogen-bond donors (Lipinski definition) is 0. The van der Waals surface area contributed by atoms with Crippen LogP contribution in [0.3, 0.4) is 0 Å². The number of amides is 1. The molecule has 0 spiro atoms. The summed E-state index contributed by atoms with van der Waals surface area (Å²) in [6, 6.07) is 8.20. The lowest BCUT2D eigenvalue weighted by Gasteiger charge is -2.35. The van der Waals surface area contributed by atoms with Crippen LogP contribution in [0.15, 0.2) is 30.3 Å². The first-order chi connectivity index (χ1) is 13.6. The maximum absolute atomic E-state index is 13.9. The van der Waals surface area contributed by atoms with Crippen molar-refractivity contribution in [1.82, 2.24) is 14.9 Å². The summed E-state index contributed by atoms with van der Waals surface area (Å²) in [7, 11) is 0. The summed E-state index contributed by atoms with van der Waals surface area (Å²) < 4.78 is 13.9. The number of halogens is 1. The first-order valence-electron chi connectivity index (χ1n) is 10.0. The molecule has 148 valence electrons. The number of carbonyl (C=O) groups is 1. The van der Waals surface area contributed by atoms with Crippen LogP contribution >= 0.6 is 0 Å². The third-order valence-corrected chi connectivity index (χ3v) is 5.46. The van der Waals surface area contributed by atoms with Crippen LogP contribution in [0.1, 0.15) is 35.3 Å². The van der Waals surface area contributed by atoms with E-state index < -0.39 is 5.82 Å². The second kappa shape index (κ2) is 8.12. The van der Waals surface area contributed by atoms with Gasteiger partial charge in [0.25, 0.3) is 5.91 Å². The van der Waals surface area contributed by atoms with Crippen LogP contribution in [0.25, 0.3) is 0 Å². The lowest BCUT2D eigenvalue weighted by Crippen LogP contribution is -2.49. The molecule has 2 aromatic rings. The zero-order valence-corrected chi connectivity index (χ0v) is 16.3. The fourth-order valence-electron chi connectivity index (χ4n) is 3.88. The predicted molar refractivity (Wildman–Crippen MR) is 107 cm³/mol. The van der Waals surface area contributed by atoms with E-state index in [1.54, 1.807) is 23.1 Å². The number of carbonyl (C=O) groups excluding carboxylic acids is 1. The molecule has 7 heteroatoms. The van der Waals surface area contributed by atoms with E-state index in [0.717, 1.165) is 30.5 Å². The molecule has 1 aromatic carbocycles. The molecule has 0 aliphatic carbocycles. The van der Waals surface area contributed by atoms with Crippen molar-refractivity contribution < 1.29 is 9.18 Å². The van der Waals surface area contributed by atoms with Crippen molar-refractivity contribution in [1.29, 1.82) is 0 Å². The van der Waals surface area contributed by atoms with Gasteiger partial charge in [0.05, 0.1) is 5.56 Å². The van der Waals surface area contributed by atoms with Crippen molar-refractivity contribution >= 4 is 17.7 Å². The Morgan fingerprint density at radius 1 is 0.929 bits per heavy atom. The summed E-state index contributed by atoms with van der Waals surface area (Å²) in [5.74, 6) is 0.991. The summed E-state index contributed by atoms with van der Waals surface area (Å²) in [4.78, 5) is 28.2. The van der Waals surface area contributed by atoms with Crippen molar-refractivity contribution in [2.24, 2.45) is 0 Å². The Labute approximate surface area is 165 Å². The van der Waals surface area contributed by atoms with Crippen molar-refractivity contribution in [3.8, 4) is 0 Å². The zero-order chi connectivity index (χ0) is 19.5. The van der Waals surface area contributed by atoms with E-state index in [9.17, 15) is 9.18 Å². The van der Waals surface area contributed by atoms with Gasteiger partial charge in [-0.05, 0) is 38.3 Å². The molecule has 2 aliphatic heterocycles. The maximum Gasteiger partial charge on any atom is 0.256 e. The quantitative estimate of drug-likeness (QED) is 0.816. The molecule has 28 heavy (non-hydrogen) atoms. The van der Waals surface area contributed by atoms with Gasteiger partial charge in [0.1, 0.15) is 11.6 Å². The van der Waals surface area contributed by atoms with E-state index in [4.69, 9.17) is 4.98 Å². The van der Waals surface area contributed by atoms with Crippen LogP contribution in [-0.4, -0.2) is 60.0 Å². The predicted octanol–water partition coefficient (Wildman–Crippen LogP) is 2.88. The van der Waals surface area contributed by atoms with Crippen molar-refractivity contribution in [2.45, 2.75) is 26.2 Å². The Morgan fingerprint density at radius 3 is 2.36 bits per heavy atom. The number of anilines is 2. The van der Waals surface area contributed by atoms with Gasteiger partial charge in [-0.3, -0.25) is 4.79 Å². The Balaban J connectivity index is 1.44. The first kappa shape index (κ1) is 18.7. The van der Waals surface area contributed by atoms with Gasteiger partial charge in [-0.2, -0.15) is 4.98 Å². The number of benzene rings is 1. The van der Waals surface area contributed by atoms with Gasteiger partial charge in [-0.1, -0.05) is 12.1 Å². The highest BCUT2D eigenvalue weighted by Gasteiger charge is 2.25. The van der Waals surface area contributed by atoms with E-state index in [1.807, 2.05) is 13.0 Å². The van der Waals surface area contributed by atoms with E-state index in [2.05, 4.69) is 14.8 Å². The van der Waals surface area contributed by atoms with E-state index in [0.29, 0.717) is 26.2 Å². The Morgan fingerprint density at radius 2 is 1.64 bits per heavy atom. The highest BCUT2D eigenvalue weighted by molar-refractivity contribution is 5.94. The second-order valence-corrected chi connectivity index (χ2v) is 7.47. The van der Waals surface area contributed by atoms with Gasteiger partial charge in [-0.25, -0.2) is 9.37 Å². The molecule has 0 radical (unpaired) electrons. The molecule has 0 saturated carbocycles. The molecule has 2 aliphatic rings. The van der Waals surface area contributed by atoms with Crippen LogP contribution in [0.4, 0.5) is 16.2 Å². The van der Waals surface area contributed by atoms with E-state index in [-0.39, 0.29) is 11.5 Å². The Kier molecular flexibility index (Phi) is 5.41. The number of hydrogen-bond acceptors (Lipinski definition) is 5. The van der Waals surface area contributed by atoms with Crippen molar-refractivity contribution in [3.63, 3.8) is 0 Å². The van der Waals surface area contributed by atoms with Crippen LogP contribution in [0, 0.1) is 12.7 Å². The smallest absolute Gasteiger partial charge is 0.256 e. The normalized spacial score (nSPS) is 17.7. The number of rotatable bonds is 3. The standard InChI is InChI=1S/C21H26FN5O/c1-16-15-19(25-9-5-2-6-10-25)24-21(23-16)27-13-11-26(12-14-27)20(28)17-7-3-4-8-18(17)22/h3-4,7-8,15H,2,5-6,9-14H2,1H3. The second-order valence-electron chi connectivity index (χ2n) is 7.47. The van der Waals surface area contributed by atoms with Gasteiger partial charge in [-0.15, -0.1) is 0 Å². The molecule has 3 heterocycles. The Hall–Kier alpha value is -2.70. The van der Waals surface area contributed by atoms with Gasteiger partial charge in [0.2, 0.25) is 5.95 Å². The molecule has 0 N–H and O–H groups in total. The highest BCUT2D eigenvalue weighted by Crippen LogP contribution is 2.22. The molecule has 1 amide bonds. The van der Waals surface area contributed by atoms with Crippen LogP contribution < -0.4 is 9.80 Å². The molecule has 4 rings (SSSR count). The van der Waals surface area contributed by atoms with Gasteiger partial charge in [0.15, 0.2) is 0 Å². The van der Waals surface area contributed by atoms with Crippen LogP contribution in [0.2, 0.25) is 0 Å². The SMILES string of the molecule is Cc1cc(N2CCCCC2)nc(N2CCN(C(=O)c3ccccc3F)CC2)n1. The van der Waals surface area contributed by atoms with Crippen LogP contribution in [0.5, 0.6) is 0 Å². The van der Waals surface area contributed by atoms with E-state index in [1.165, 1.54) is 25.3 Å². The number of aromatic nitrogens is 2. The fraction of sp³-hybridized carbons (Fsp3) is 0.476. The molecular weight excluding hydrogens is 357 g/mol. The lowest BCUT2D eigenvalue weighted by atomic mass is 10.1. The molecule has 0 bridgehead atoms. The molecule has 2 fully saturated rings. The number of piperazine rings is 1. The molecule has 0 unspecified atom stereocenters. The molecule has 2 saturated heterocycles. The highest BCUT2D eigenvalue weighted by atomic mass is 19.1. The first-order valence-corrected chi connectivity index (χ1v) is 10.0. The molecule has 6 nitrogen and oxygen atoms in total. The largest absolute Gasteiger partial charge is 0.356 e. The monoisotopic (exact) mass is 383 g/mol. The number of nitrogens with zero attached hydrogens (tertiary/aromatic N) is 5. The molecule has 1 aromatic heterocycles. The average Bonchev–Trinajstić information content (AvgIpc) is 2.74. The summed E-state index contributed by atoms with van der Waals surface area (Å²) in [5.41, 5.74) is 1.09. The summed E-state index contributed by atoms with van der Waals surface area (Å²) in [6.07, 6.45) is 3.69. The zero-order valence-electron chi connectivity index (χ0n) is 16.3. The minimum Gasteiger partial charge on any atom is -0.356 e. The summed E-state index contributed by atoms with van der Waals surface area (Å²) in [6.45, 7) is 6.43. The van der Waals surface area contributed by atoms with Gasteiger partial charge < -0.3 is 14.7 Å². The van der Waals surface area contributed by atoms with Crippen molar-refractivity contribution in [2.75, 3.05) is 49.1 Å².